The molecule has 0 spiro atoms. The van der Waals surface area contributed by atoms with Gasteiger partial charge in [-0.25, -0.2) is 14.4 Å². The summed E-state index contributed by atoms with van der Waals surface area (Å²) in [6, 6.07) is 6.03. The number of likely N-dealkylation sites (N-methyl/N-ethyl adjacent to an activating group) is 1. The number of halogens is 1. The molecule has 1 unspecified atom stereocenters. The predicted molar refractivity (Wildman–Crippen MR) is 230 cm³/mol. The largest absolute Gasteiger partial charge is 0.367 e. The maximum atomic E-state index is 15.5. The molecule has 3 fully saturated rings. The lowest BCUT2D eigenvalue weighted by Crippen LogP contribution is -2.52. The number of aromatic nitrogens is 4. The number of nitrogens with zero attached hydrogens (tertiary/aromatic N) is 8. The van der Waals surface area contributed by atoms with Gasteiger partial charge in [-0.1, -0.05) is 18.9 Å². The summed E-state index contributed by atoms with van der Waals surface area (Å²) >= 11 is 0. The Balaban J connectivity index is 0.832. The molecule has 1 aliphatic carbocycles. The van der Waals surface area contributed by atoms with Crippen LogP contribution in [-0.2, 0) is 20.9 Å². The minimum atomic E-state index is -0.813. The summed E-state index contributed by atoms with van der Waals surface area (Å²) in [6.07, 6.45) is 9.58. The first-order valence-electron chi connectivity index (χ1n) is 21.6. The van der Waals surface area contributed by atoms with E-state index in [0.717, 1.165) is 37.7 Å². The summed E-state index contributed by atoms with van der Waals surface area (Å²) < 4.78 is 17.2. The first kappa shape index (κ1) is 42.6. The number of hydrogen-bond donors (Lipinski definition) is 2. The molecule has 3 aliphatic heterocycles. The maximum Gasteiger partial charge on any atom is 0.263 e. The number of carbonyl (C=O) groups excluding carboxylic acids is 5. The molecule has 3 amide bonds. The highest BCUT2D eigenvalue weighted by Crippen LogP contribution is 2.36. The average Bonchev–Trinajstić information content (AvgIpc) is 3.92. The van der Waals surface area contributed by atoms with Crippen LogP contribution in [0.1, 0.15) is 108 Å². The SMILES string of the molecule is CNC(=O)C(CCC=O)N1Cc2cc(C3CCN(CC(=O)N4CCN(c5ccc(Nc6ncc7c(C)c(C(C)=O)c(=O)n(C8CCCC8)c7n6)nc5)CC4)CC3)c(F)cc2C1=O. The van der Waals surface area contributed by atoms with Gasteiger partial charge in [0.05, 0.1) is 24.0 Å². The highest BCUT2D eigenvalue weighted by atomic mass is 19.1. The van der Waals surface area contributed by atoms with E-state index in [1.165, 1.54) is 24.9 Å². The molecule has 1 atom stereocenters. The van der Waals surface area contributed by atoms with E-state index in [1.807, 2.05) is 17.0 Å². The summed E-state index contributed by atoms with van der Waals surface area (Å²) in [5, 5.41) is 6.42. The Kier molecular flexibility index (Phi) is 12.4. The summed E-state index contributed by atoms with van der Waals surface area (Å²) in [6.45, 7) is 7.37. The van der Waals surface area contributed by atoms with Crippen LogP contribution in [0.5, 0.6) is 0 Å². The van der Waals surface area contributed by atoms with Crippen molar-refractivity contribution in [3.63, 3.8) is 0 Å². The fourth-order valence-electron chi connectivity index (χ4n) is 9.74. The Labute approximate surface area is 358 Å². The Bertz CT molecular complexity index is 2450. The van der Waals surface area contributed by atoms with Crippen LogP contribution >= 0.6 is 0 Å². The van der Waals surface area contributed by atoms with E-state index in [9.17, 15) is 28.8 Å². The number of piperidine rings is 1. The van der Waals surface area contributed by atoms with Crippen molar-refractivity contribution in [1.29, 1.82) is 0 Å². The number of hydrogen-bond acceptors (Lipinski definition) is 12. The zero-order valence-corrected chi connectivity index (χ0v) is 35.5. The van der Waals surface area contributed by atoms with E-state index in [0.29, 0.717) is 91.6 Å². The third-order valence-corrected chi connectivity index (χ3v) is 13.2. The van der Waals surface area contributed by atoms with Crippen molar-refractivity contribution >= 4 is 58.3 Å². The summed E-state index contributed by atoms with van der Waals surface area (Å²) in [5.74, 6) is -0.638. The van der Waals surface area contributed by atoms with Crippen molar-refractivity contribution < 1.29 is 28.4 Å². The average molecular weight is 849 g/mol. The number of piperazine rings is 1. The summed E-state index contributed by atoms with van der Waals surface area (Å²) in [7, 11) is 1.48. The number of aryl methyl sites for hydroxylation is 1. The van der Waals surface area contributed by atoms with Crippen molar-refractivity contribution in [2.45, 2.75) is 89.8 Å². The second-order valence-corrected chi connectivity index (χ2v) is 16.9. The number of amides is 3. The molecule has 0 radical (unpaired) electrons. The molecule has 62 heavy (non-hydrogen) atoms. The lowest BCUT2D eigenvalue weighted by atomic mass is 9.87. The number of likely N-dealkylation sites (tertiary alicyclic amines) is 1. The van der Waals surface area contributed by atoms with Crippen molar-refractivity contribution in [2.75, 3.05) is 63.1 Å². The van der Waals surface area contributed by atoms with Crippen molar-refractivity contribution in [1.82, 2.24) is 39.5 Å². The third-order valence-electron chi connectivity index (χ3n) is 13.2. The van der Waals surface area contributed by atoms with E-state index in [2.05, 4.69) is 30.4 Å². The van der Waals surface area contributed by atoms with Crippen molar-refractivity contribution in [2.24, 2.45) is 0 Å². The van der Waals surface area contributed by atoms with Crippen molar-refractivity contribution in [3.8, 4) is 0 Å². The summed E-state index contributed by atoms with van der Waals surface area (Å²) in [5.41, 5.74) is 3.40. The van der Waals surface area contributed by atoms with Crippen molar-refractivity contribution in [3.05, 3.63) is 80.6 Å². The normalized spacial score (nSPS) is 18.0. The van der Waals surface area contributed by atoms with E-state index in [1.54, 1.807) is 30.0 Å². The zero-order valence-electron chi connectivity index (χ0n) is 35.5. The van der Waals surface area contributed by atoms with Crippen LogP contribution in [-0.4, -0.2) is 123 Å². The van der Waals surface area contributed by atoms with Crippen LogP contribution < -0.4 is 21.1 Å². The van der Waals surface area contributed by atoms with E-state index >= 15 is 4.39 Å². The van der Waals surface area contributed by atoms with Gasteiger partial charge in [0.25, 0.3) is 11.5 Å². The molecule has 326 valence electrons. The topological polar surface area (TPSA) is 183 Å². The van der Waals surface area contributed by atoms with Gasteiger partial charge < -0.3 is 30.1 Å². The molecule has 1 aromatic carbocycles. The Hall–Kier alpha value is -6.10. The number of ketones is 1. The van der Waals surface area contributed by atoms with Gasteiger partial charge in [0.15, 0.2) is 5.78 Å². The van der Waals surface area contributed by atoms with E-state index in [4.69, 9.17) is 4.98 Å². The van der Waals surface area contributed by atoms with Crippen LogP contribution in [0.25, 0.3) is 11.0 Å². The number of Topliss-reactive ketones (excluding diaryl/α,β-unsaturated/α-hetero) is 1. The molecule has 16 nitrogen and oxygen atoms in total. The van der Waals surface area contributed by atoms with Gasteiger partial charge in [-0.15, -0.1) is 0 Å². The third kappa shape index (κ3) is 8.41. The number of rotatable bonds is 13. The molecular formula is C45H53FN10O6. The second-order valence-electron chi connectivity index (χ2n) is 16.9. The minimum Gasteiger partial charge on any atom is -0.367 e. The van der Waals surface area contributed by atoms with E-state index < -0.39 is 17.8 Å². The first-order valence-corrected chi connectivity index (χ1v) is 21.6. The van der Waals surface area contributed by atoms with Gasteiger partial charge in [-0.2, -0.15) is 4.98 Å². The molecule has 3 aromatic heterocycles. The lowest BCUT2D eigenvalue weighted by Gasteiger charge is -2.38. The van der Waals surface area contributed by atoms with Crippen LogP contribution in [0.2, 0.25) is 0 Å². The number of fused-ring (bicyclic) bond motifs is 2. The fraction of sp³-hybridized carbons (Fsp3) is 0.489. The molecule has 4 aliphatic rings. The Morgan fingerprint density at radius 1 is 0.968 bits per heavy atom. The van der Waals surface area contributed by atoms with Gasteiger partial charge in [-0.05, 0) is 99.8 Å². The summed E-state index contributed by atoms with van der Waals surface area (Å²) in [4.78, 5) is 97.8. The molecular weight excluding hydrogens is 796 g/mol. The minimum absolute atomic E-state index is 0.0180. The maximum absolute atomic E-state index is 15.5. The molecule has 6 heterocycles. The lowest BCUT2D eigenvalue weighted by molar-refractivity contribution is -0.133. The number of aldehydes is 1. The van der Waals surface area contributed by atoms with E-state index in [-0.39, 0.29) is 72.2 Å². The Morgan fingerprint density at radius 3 is 2.37 bits per heavy atom. The van der Waals surface area contributed by atoms with Crippen LogP contribution in [0.3, 0.4) is 0 Å². The van der Waals surface area contributed by atoms with Gasteiger partial charge >= 0.3 is 0 Å². The standard InChI is InChI=1S/C45H53FN10O6/c1-27-35-24-49-45(51-41(35)56(31-7-4-5-8-31)44(62)40(27)28(2)58)50-38-11-10-32(23-48-38)53-16-18-54(19-17-53)39(59)26-52-14-12-29(13-15-52)33-21-30-25-55(43(61)34(30)22-36(33)46)37(9-6-20-57)42(60)47-3/h10-11,20-24,29,31,37H,4-9,12-19,25-26H2,1-3H3,(H,47,60)(H,48,49,50,51). The highest BCUT2D eigenvalue weighted by molar-refractivity contribution is 6.01. The molecule has 2 saturated heterocycles. The number of carbonyl (C=O) groups is 5. The monoisotopic (exact) mass is 848 g/mol. The Morgan fingerprint density at radius 2 is 1.71 bits per heavy atom. The fourth-order valence-corrected chi connectivity index (χ4v) is 9.74. The molecule has 4 aromatic rings. The number of anilines is 3. The van der Waals surface area contributed by atoms with Gasteiger partial charge in [0, 0.05) is 69.4 Å². The van der Waals surface area contributed by atoms with Crippen LogP contribution in [0.4, 0.5) is 21.8 Å². The highest BCUT2D eigenvalue weighted by Gasteiger charge is 2.38. The first-order chi connectivity index (χ1) is 29.9. The van der Waals surface area contributed by atoms with Gasteiger partial charge in [0.2, 0.25) is 17.8 Å². The number of nitrogens with one attached hydrogen (secondary N) is 2. The zero-order chi connectivity index (χ0) is 43.7. The van der Waals surface area contributed by atoms with Crippen LogP contribution in [0, 0.1) is 12.7 Å². The molecule has 1 saturated carbocycles. The quantitative estimate of drug-likeness (QED) is 0.144. The second kappa shape index (κ2) is 18.1. The number of benzene rings is 1. The molecule has 8 rings (SSSR count). The molecule has 2 N–H and O–H groups in total. The van der Waals surface area contributed by atoms with Gasteiger partial charge in [-0.3, -0.25) is 33.4 Å². The van der Waals surface area contributed by atoms with Crippen LogP contribution in [0.15, 0.2) is 41.5 Å². The molecule has 17 heteroatoms. The smallest absolute Gasteiger partial charge is 0.263 e. The molecule has 0 bridgehead atoms. The number of pyridine rings is 2. The predicted octanol–water partition coefficient (Wildman–Crippen LogP) is 4.27. The van der Waals surface area contributed by atoms with Gasteiger partial charge in [0.1, 0.15) is 29.6 Å².